The van der Waals surface area contributed by atoms with Crippen molar-refractivity contribution >= 4 is 5.69 Å². The molecule has 0 bridgehead atoms. The first-order chi connectivity index (χ1) is 8.21. The SMILES string of the molecule is Cc1cc(C(F)(F)F)cc(NCCN(C)C)c1C. The molecule has 1 aromatic carbocycles. The van der Waals surface area contributed by atoms with Crippen LogP contribution in [-0.2, 0) is 6.18 Å². The van der Waals surface area contributed by atoms with Crippen LogP contribution < -0.4 is 5.32 Å². The zero-order valence-electron chi connectivity index (χ0n) is 11.2. The summed E-state index contributed by atoms with van der Waals surface area (Å²) < 4.78 is 38.1. The zero-order chi connectivity index (χ0) is 13.9. The summed E-state index contributed by atoms with van der Waals surface area (Å²) >= 11 is 0. The number of nitrogens with zero attached hydrogens (tertiary/aromatic N) is 1. The normalized spacial score (nSPS) is 12.0. The molecular weight excluding hydrogens is 241 g/mol. The molecule has 0 aliphatic heterocycles. The van der Waals surface area contributed by atoms with E-state index in [1.165, 1.54) is 12.1 Å². The highest BCUT2D eigenvalue weighted by molar-refractivity contribution is 5.56. The molecule has 0 unspecified atom stereocenters. The Hall–Kier alpha value is -1.23. The summed E-state index contributed by atoms with van der Waals surface area (Å²) in [5.41, 5.74) is 1.47. The summed E-state index contributed by atoms with van der Waals surface area (Å²) in [5.74, 6) is 0. The number of alkyl halides is 3. The number of halogens is 3. The van der Waals surface area contributed by atoms with Crippen molar-refractivity contribution in [2.24, 2.45) is 0 Å². The molecule has 1 N–H and O–H groups in total. The Bertz CT molecular complexity index is 411. The second-order valence-corrected chi connectivity index (χ2v) is 4.69. The van der Waals surface area contributed by atoms with Gasteiger partial charge in [0.2, 0.25) is 0 Å². The van der Waals surface area contributed by atoms with E-state index in [4.69, 9.17) is 0 Å². The van der Waals surface area contributed by atoms with Gasteiger partial charge in [-0.3, -0.25) is 0 Å². The van der Waals surface area contributed by atoms with E-state index in [-0.39, 0.29) is 0 Å². The first kappa shape index (κ1) is 14.8. The standard InChI is InChI=1S/C13H19F3N2/c1-9-7-11(13(14,15)16)8-12(10(9)2)17-5-6-18(3)4/h7-8,17H,5-6H2,1-4H3. The molecule has 0 aliphatic rings. The Labute approximate surface area is 106 Å². The monoisotopic (exact) mass is 260 g/mol. The maximum absolute atomic E-state index is 12.7. The van der Waals surface area contributed by atoms with E-state index in [1.54, 1.807) is 6.92 Å². The van der Waals surface area contributed by atoms with Gasteiger partial charge in [0.1, 0.15) is 0 Å². The Morgan fingerprint density at radius 3 is 2.28 bits per heavy atom. The second-order valence-electron chi connectivity index (χ2n) is 4.69. The second kappa shape index (κ2) is 5.61. The number of likely N-dealkylation sites (N-methyl/N-ethyl adjacent to an activating group) is 1. The van der Waals surface area contributed by atoms with Gasteiger partial charge in [0.05, 0.1) is 5.56 Å². The highest BCUT2D eigenvalue weighted by Crippen LogP contribution is 2.33. The van der Waals surface area contributed by atoms with Crippen molar-refractivity contribution < 1.29 is 13.2 Å². The minimum atomic E-state index is -4.30. The highest BCUT2D eigenvalue weighted by Gasteiger charge is 2.31. The quantitative estimate of drug-likeness (QED) is 0.893. The fraction of sp³-hybridized carbons (Fsp3) is 0.538. The van der Waals surface area contributed by atoms with Gasteiger partial charge in [-0.2, -0.15) is 13.2 Å². The van der Waals surface area contributed by atoms with Crippen LogP contribution in [0.1, 0.15) is 16.7 Å². The van der Waals surface area contributed by atoms with Crippen molar-refractivity contribution in [2.45, 2.75) is 20.0 Å². The summed E-state index contributed by atoms with van der Waals surface area (Å²) in [6, 6.07) is 2.37. The summed E-state index contributed by atoms with van der Waals surface area (Å²) in [7, 11) is 3.85. The summed E-state index contributed by atoms with van der Waals surface area (Å²) in [6.45, 7) is 4.92. The number of anilines is 1. The molecule has 0 aromatic heterocycles. The molecule has 1 rings (SSSR count). The summed E-state index contributed by atoms with van der Waals surface area (Å²) in [5, 5.41) is 3.06. The molecule has 0 amide bonds. The van der Waals surface area contributed by atoms with Crippen molar-refractivity contribution in [2.75, 3.05) is 32.5 Å². The number of hydrogen-bond acceptors (Lipinski definition) is 2. The van der Waals surface area contributed by atoms with Crippen molar-refractivity contribution in [3.8, 4) is 0 Å². The molecule has 0 saturated carbocycles. The molecule has 0 saturated heterocycles. The highest BCUT2D eigenvalue weighted by atomic mass is 19.4. The molecule has 0 radical (unpaired) electrons. The molecule has 1 aromatic rings. The third kappa shape index (κ3) is 3.91. The van der Waals surface area contributed by atoms with Gasteiger partial charge in [0, 0.05) is 18.8 Å². The van der Waals surface area contributed by atoms with Gasteiger partial charge in [0.25, 0.3) is 0 Å². The zero-order valence-corrected chi connectivity index (χ0v) is 11.2. The van der Waals surface area contributed by atoms with E-state index in [9.17, 15) is 13.2 Å². The van der Waals surface area contributed by atoms with Crippen LogP contribution in [0, 0.1) is 13.8 Å². The average molecular weight is 260 g/mol. The molecular formula is C13H19F3N2. The number of hydrogen-bond donors (Lipinski definition) is 1. The molecule has 0 heterocycles. The van der Waals surface area contributed by atoms with Crippen LogP contribution in [-0.4, -0.2) is 32.1 Å². The molecule has 5 heteroatoms. The first-order valence-corrected chi connectivity index (χ1v) is 5.79. The molecule has 2 nitrogen and oxygen atoms in total. The number of nitrogens with one attached hydrogen (secondary N) is 1. The molecule has 0 fully saturated rings. The largest absolute Gasteiger partial charge is 0.416 e. The van der Waals surface area contributed by atoms with Crippen LogP contribution in [0.5, 0.6) is 0 Å². The minimum absolute atomic E-state index is 0.559. The number of rotatable bonds is 4. The Balaban J connectivity index is 2.93. The van der Waals surface area contributed by atoms with E-state index < -0.39 is 11.7 Å². The van der Waals surface area contributed by atoms with E-state index in [0.717, 1.165) is 12.1 Å². The Kier molecular flexibility index (Phi) is 4.62. The van der Waals surface area contributed by atoms with Crippen molar-refractivity contribution in [1.82, 2.24) is 4.90 Å². The number of benzene rings is 1. The lowest BCUT2D eigenvalue weighted by atomic mass is 10.0. The van der Waals surface area contributed by atoms with E-state index in [1.807, 2.05) is 25.9 Å². The maximum atomic E-state index is 12.7. The van der Waals surface area contributed by atoms with Gasteiger partial charge in [-0.05, 0) is 51.2 Å². The van der Waals surface area contributed by atoms with Crippen LogP contribution in [0.4, 0.5) is 18.9 Å². The fourth-order valence-corrected chi connectivity index (χ4v) is 1.62. The molecule has 0 atom stereocenters. The lowest BCUT2D eigenvalue weighted by Gasteiger charge is -2.17. The van der Waals surface area contributed by atoms with Gasteiger partial charge in [-0.15, -0.1) is 0 Å². The van der Waals surface area contributed by atoms with Gasteiger partial charge < -0.3 is 10.2 Å². The van der Waals surface area contributed by atoms with Gasteiger partial charge >= 0.3 is 6.18 Å². The van der Waals surface area contributed by atoms with Crippen molar-refractivity contribution in [3.63, 3.8) is 0 Å². The lowest BCUT2D eigenvalue weighted by molar-refractivity contribution is -0.137. The smallest absolute Gasteiger partial charge is 0.384 e. The number of aryl methyl sites for hydroxylation is 1. The fourth-order valence-electron chi connectivity index (χ4n) is 1.62. The topological polar surface area (TPSA) is 15.3 Å². The van der Waals surface area contributed by atoms with Crippen LogP contribution >= 0.6 is 0 Å². The third-order valence-electron chi connectivity index (χ3n) is 2.87. The van der Waals surface area contributed by atoms with E-state index in [0.29, 0.717) is 17.8 Å². The first-order valence-electron chi connectivity index (χ1n) is 5.79. The maximum Gasteiger partial charge on any atom is 0.416 e. The van der Waals surface area contributed by atoms with Crippen LogP contribution in [0.25, 0.3) is 0 Å². The van der Waals surface area contributed by atoms with Gasteiger partial charge in [0.15, 0.2) is 0 Å². The molecule has 0 aliphatic carbocycles. The van der Waals surface area contributed by atoms with Crippen LogP contribution in [0.15, 0.2) is 12.1 Å². The third-order valence-corrected chi connectivity index (χ3v) is 2.87. The Morgan fingerprint density at radius 2 is 1.78 bits per heavy atom. The minimum Gasteiger partial charge on any atom is -0.384 e. The predicted octanol–water partition coefficient (Wildman–Crippen LogP) is 3.30. The predicted molar refractivity (Wildman–Crippen MR) is 68.0 cm³/mol. The molecule has 102 valence electrons. The van der Waals surface area contributed by atoms with Gasteiger partial charge in [-0.25, -0.2) is 0 Å². The van der Waals surface area contributed by atoms with Crippen molar-refractivity contribution in [1.29, 1.82) is 0 Å². The van der Waals surface area contributed by atoms with Gasteiger partial charge in [-0.1, -0.05) is 0 Å². The summed E-state index contributed by atoms with van der Waals surface area (Å²) in [4.78, 5) is 1.98. The molecule has 0 spiro atoms. The van der Waals surface area contributed by atoms with Crippen LogP contribution in [0.3, 0.4) is 0 Å². The molecule has 18 heavy (non-hydrogen) atoms. The van der Waals surface area contributed by atoms with E-state index in [2.05, 4.69) is 5.32 Å². The average Bonchev–Trinajstić information content (AvgIpc) is 2.22. The lowest BCUT2D eigenvalue weighted by Crippen LogP contribution is -2.21. The van der Waals surface area contributed by atoms with E-state index >= 15 is 0 Å². The Morgan fingerprint density at radius 1 is 1.17 bits per heavy atom. The van der Waals surface area contributed by atoms with Crippen molar-refractivity contribution in [3.05, 3.63) is 28.8 Å². The van der Waals surface area contributed by atoms with Crippen LogP contribution in [0.2, 0.25) is 0 Å². The summed E-state index contributed by atoms with van der Waals surface area (Å²) in [6.07, 6.45) is -4.30.